The van der Waals surface area contributed by atoms with Crippen LogP contribution in [0.15, 0.2) is 71.6 Å². The first-order valence-corrected chi connectivity index (χ1v) is 8.54. The van der Waals surface area contributed by atoms with E-state index in [0.29, 0.717) is 10.6 Å². The van der Waals surface area contributed by atoms with Crippen LogP contribution in [-0.4, -0.2) is 11.1 Å². The first kappa shape index (κ1) is 17.3. The van der Waals surface area contributed by atoms with Gasteiger partial charge in [-0.2, -0.15) is 0 Å². The van der Waals surface area contributed by atoms with Crippen molar-refractivity contribution in [2.75, 3.05) is 4.72 Å². The van der Waals surface area contributed by atoms with E-state index in [9.17, 15) is 14.3 Å². The molecule has 0 radical (unpaired) electrons. The van der Waals surface area contributed by atoms with E-state index < -0.39 is 11.8 Å². The third-order valence-electron chi connectivity index (χ3n) is 3.47. The molecule has 3 nitrogen and oxygen atoms in total. The van der Waals surface area contributed by atoms with E-state index in [1.165, 1.54) is 12.1 Å². The molecule has 0 aliphatic heterocycles. The number of carbonyl (C=O) groups is 1. The molecule has 0 aliphatic rings. The summed E-state index contributed by atoms with van der Waals surface area (Å²) in [5.74, 6) is -1.49. The van der Waals surface area contributed by atoms with Crippen molar-refractivity contribution in [3.05, 3.63) is 83.1 Å². The summed E-state index contributed by atoms with van der Waals surface area (Å²) < 4.78 is 16.4. The third kappa shape index (κ3) is 4.32. The van der Waals surface area contributed by atoms with E-state index in [0.717, 1.165) is 23.1 Å². The van der Waals surface area contributed by atoms with E-state index in [4.69, 9.17) is 11.6 Å². The highest BCUT2D eigenvalue weighted by atomic mass is 35.5. The number of halogens is 2. The molecule has 0 bridgehead atoms. The quantitative estimate of drug-likeness (QED) is 0.541. The zero-order valence-corrected chi connectivity index (χ0v) is 14.4. The van der Waals surface area contributed by atoms with Gasteiger partial charge in [0.25, 0.3) is 0 Å². The number of hydrogen-bond acceptors (Lipinski definition) is 3. The first-order valence-electron chi connectivity index (χ1n) is 7.34. The Kier molecular flexibility index (Phi) is 5.26. The number of benzene rings is 3. The summed E-state index contributed by atoms with van der Waals surface area (Å²) in [6, 6.07) is 18.8. The van der Waals surface area contributed by atoms with Crippen LogP contribution in [0.4, 0.5) is 10.1 Å². The number of rotatable bonds is 5. The largest absolute Gasteiger partial charge is 0.478 e. The summed E-state index contributed by atoms with van der Waals surface area (Å²) in [4.78, 5) is 12.0. The van der Waals surface area contributed by atoms with Gasteiger partial charge in [0, 0.05) is 9.92 Å². The first-order chi connectivity index (χ1) is 12.0. The van der Waals surface area contributed by atoms with Crippen LogP contribution in [0.2, 0.25) is 5.02 Å². The molecule has 0 amide bonds. The molecule has 6 heteroatoms. The predicted octanol–water partition coefficient (Wildman–Crippen LogP) is 5.96. The van der Waals surface area contributed by atoms with E-state index in [1.807, 2.05) is 30.3 Å². The molecule has 3 aromatic carbocycles. The lowest BCUT2D eigenvalue weighted by Gasteiger charge is -2.11. The Hall–Kier alpha value is -2.50. The Morgan fingerprint density at radius 1 is 1.00 bits per heavy atom. The zero-order valence-electron chi connectivity index (χ0n) is 12.9. The zero-order chi connectivity index (χ0) is 17.8. The molecular formula is C19H13ClFNO2S. The maximum absolute atomic E-state index is 13.4. The van der Waals surface area contributed by atoms with Crippen molar-refractivity contribution < 1.29 is 14.3 Å². The maximum atomic E-state index is 13.4. The van der Waals surface area contributed by atoms with Gasteiger partial charge in [0.2, 0.25) is 0 Å². The molecule has 0 spiro atoms. The fourth-order valence-corrected chi connectivity index (χ4v) is 3.37. The summed E-state index contributed by atoms with van der Waals surface area (Å²) in [7, 11) is 0. The summed E-state index contributed by atoms with van der Waals surface area (Å²) >= 11 is 6.94. The molecule has 0 fully saturated rings. The van der Waals surface area contributed by atoms with Crippen molar-refractivity contribution in [1.82, 2.24) is 0 Å². The number of carboxylic acid groups (broad SMARTS) is 1. The van der Waals surface area contributed by atoms with Gasteiger partial charge in [0.05, 0.1) is 11.3 Å². The molecule has 2 N–H and O–H groups in total. The minimum absolute atomic E-state index is 0.134. The Morgan fingerprint density at radius 3 is 2.44 bits per heavy atom. The lowest BCUT2D eigenvalue weighted by atomic mass is 10.0. The van der Waals surface area contributed by atoms with Gasteiger partial charge in [-0.25, -0.2) is 9.18 Å². The highest BCUT2D eigenvalue weighted by Gasteiger charge is 2.12. The molecule has 126 valence electrons. The molecular weight excluding hydrogens is 361 g/mol. The minimum atomic E-state index is -1.04. The van der Waals surface area contributed by atoms with Gasteiger partial charge in [-0.3, -0.25) is 0 Å². The molecule has 0 heterocycles. The third-order valence-corrected chi connectivity index (χ3v) is 4.48. The second kappa shape index (κ2) is 7.59. The van der Waals surface area contributed by atoms with Gasteiger partial charge in [-0.1, -0.05) is 48.0 Å². The van der Waals surface area contributed by atoms with Crippen molar-refractivity contribution >= 4 is 35.2 Å². The van der Waals surface area contributed by atoms with Crippen LogP contribution in [0.1, 0.15) is 10.4 Å². The standard InChI is InChI=1S/C19H13ClFNO2S/c20-14-9-15(21)11-16(10-14)25-22-18-8-13(6-7-17(18)19(23)24)12-4-2-1-3-5-12/h1-11,22H,(H,23,24). The highest BCUT2D eigenvalue weighted by molar-refractivity contribution is 8.00. The highest BCUT2D eigenvalue weighted by Crippen LogP contribution is 2.30. The number of nitrogens with one attached hydrogen (secondary N) is 1. The second-order valence-corrected chi connectivity index (χ2v) is 6.56. The van der Waals surface area contributed by atoms with Crippen LogP contribution in [0.25, 0.3) is 11.1 Å². The van der Waals surface area contributed by atoms with E-state index in [2.05, 4.69) is 4.72 Å². The van der Waals surface area contributed by atoms with Crippen molar-refractivity contribution in [2.24, 2.45) is 0 Å². The van der Waals surface area contributed by atoms with Crippen LogP contribution in [0.5, 0.6) is 0 Å². The van der Waals surface area contributed by atoms with Crippen LogP contribution >= 0.6 is 23.5 Å². The Bertz CT molecular complexity index is 898. The lowest BCUT2D eigenvalue weighted by molar-refractivity contribution is 0.0698. The summed E-state index contributed by atoms with van der Waals surface area (Å²) in [6.07, 6.45) is 0. The average molecular weight is 374 g/mol. The molecule has 0 saturated heterocycles. The van der Waals surface area contributed by atoms with Crippen LogP contribution in [0.3, 0.4) is 0 Å². The van der Waals surface area contributed by atoms with E-state index in [1.54, 1.807) is 24.3 Å². The number of anilines is 1. The number of aromatic carboxylic acids is 1. The van der Waals surface area contributed by atoms with Gasteiger partial charge >= 0.3 is 5.97 Å². The monoisotopic (exact) mass is 373 g/mol. The molecule has 3 rings (SSSR count). The van der Waals surface area contributed by atoms with Crippen molar-refractivity contribution in [2.45, 2.75) is 4.90 Å². The Balaban J connectivity index is 1.91. The van der Waals surface area contributed by atoms with Crippen molar-refractivity contribution in [3.8, 4) is 11.1 Å². The fraction of sp³-hybridized carbons (Fsp3) is 0. The van der Waals surface area contributed by atoms with Crippen molar-refractivity contribution in [1.29, 1.82) is 0 Å². The molecule has 0 atom stereocenters. The molecule has 25 heavy (non-hydrogen) atoms. The topological polar surface area (TPSA) is 49.3 Å². The normalized spacial score (nSPS) is 10.5. The van der Waals surface area contributed by atoms with E-state index >= 15 is 0 Å². The Labute approximate surface area is 153 Å². The van der Waals surface area contributed by atoms with Gasteiger partial charge in [-0.05, 0) is 53.4 Å². The second-order valence-electron chi connectivity index (χ2n) is 5.24. The van der Waals surface area contributed by atoms with E-state index in [-0.39, 0.29) is 10.6 Å². The number of carboxylic acids is 1. The van der Waals surface area contributed by atoms with Gasteiger partial charge in [0.1, 0.15) is 5.82 Å². The molecule has 0 unspecified atom stereocenters. The van der Waals surface area contributed by atoms with Gasteiger partial charge in [0.15, 0.2) is 0 Å². The molecule has 0 aromatic heterocycles. The fourth-order valence-electron chi connectivity index (χ4n) is 2.33. The SMILES string of the molecule is O=C(O)c1ccc(-c2ccccc2)cc1NSc1cc(F)cc(Cl)c1. The van der Waals surface area contributed by atoms with Crippen LogP contribution in [0, 0.1) is 5.82 Å². The predicted molar refractivity (Wildman–Crippen MR) is 99.7 cm³/mol. The molecule has 0 saturated carbocycles. The maximum Gasteiger partial charge on any atom is 0.337 e. The smallest absolute Gasteiger partial charge is 0.337 e. The molecule has 0 aliphatic carbocycles. The van der Waals surface area contributed by atoms with Gasteiger partial charge in [-0.15, -0.1) is 0 Å². The average Bonchev–Trinajstić information content (AvgIpc) is 2.59. The summed E-state index contributed by atoms with van der Waals surface area (Å²) in [6.45, 7) is 0. The Morgan fingerprint density at radius 2 is 1.76 bits per heavy atom. The van der Waals surface area contributed by atoms with Crippen LogP contribution in [-0.2, 0) is 0 Å². The number of hydrogen-bond donors (Lipinski definition) is 2. The van der Waals surface area contributed by atoms with Crippen molar-refractivity contribution in [3.63, 3.8) is 0 Å². The molecule has 3 aromatic rings. The lowest BCUT2D eigenvalue weighted by Crippen LogP contribution is -2.02. The minimum Gasteiger partial charge on any atom is -0.478 e. The van der Waals surface area contributed by atoms with Crippen LogP contribution < -0.4 is 4.72 Å². The van der Waals surface area contributed by atoms with Gasteiger partial charge < -0.3 is 9.83 Å². The summed E-state index contributed by atoms with van der Waals surface area (Å²) in [5, 5.41) is 9.66. The summed E-state index contributed by atoms with van der Waals surface area (Å²) in [5.41, 5.74) is 2.42.